The Morgan fingerprint density at radius 2 is 2.05 bits per heavy atom. The third kappa shape index (κ3) is 2.77. The largest absolute Gasteiger partial charge is 0.327 e. The second-order valence-electron chi connectivity index (χ2n) is 5.89. The fraction of sp³-hybridized carbons (Fsp3) is 0.571. The second-order valence-corrected chi connectivity index (χ2v) is 9.03. The monoisotopic (exact) mass is 392 g/mol. The number of rotatable bonds is 2. The lowest BCUT2D eigenvalue weighted by Crippen LogP contribution is -2.38. The van der Waals surface area contributed by atoms with Gasteiger partial charge in [0.2, 0.25) is 10.0 Å². The fourth-order valence-corrected chi connectivity index (χ4v) is 6.73. The van der Waals surface area contributed by atoms with E-state index >= 15 is 0 Å². The van der Waals surface area contributed by atoms with Crippen LogP contribution < -0.4 is 5.73 Å². The first-order chi connectivity index (χ1) is 9.91. The van der Waals surface area contributed by atoms with Gasteiger partial charge in [-0.3, -0.25) is 0 Å². The highest BCUT2D eigenvalue weighted by Gasteiger charge is 2.44. The van der Waals surface area contributed by atoms with Crippen molar-refractivity contribution in [2.75, 3.05) is 13.1 Å². The Bertz CT molecular complexity index is 632. The van der Waals surface area contributed by atoms with Gasteiger partial charge < -0.3 is 5.73 Å². The molecule has 2 aliphatic rings. The quantitative estimate of drug-likeness (QED) is 0.840. The molecule has 7 heteroatoms. The van der Waals surface area contributed by atoms with E-state index in [1.165, 1.54) is 0 Å². The summed E-state index contributed by atoms with van der Waals surface area (Å²) in [6.07, 6.45) is 3.14. The minimum atomic E-state index is -3.58. The zero-order valence-electron chi connectivity index (χ0n) is 11.5. The van der Waals surface area contributed by atoms with E-state index in [2.05, 4.69) is 15.9 Å². The molecule has 0 spiro atoms. The van der Waals surface area contributed by atoms with Gasteiger partial charge in [0.15, 0.2) is 0 Å². The molecule has 1 aliphatic heterocycles. The standard InChI is InChI=1S/C14H18BrClN2O2S/c15-11-4-2-5-12(16)14(11)21(19,20)18-7-9-3-1-6-13(17)10(9)8-18/h2,4-5,9-10,13H,1,3,6-8,17H2. The lowest BCUT2D eigenvalue weighted by molar-refractivity contribution is 0.260. The molecular formula is C14H18BrClN2O2S. The molecule has 0 aromatic heterocycles. The first-order valence-corrected chi connectivity index (χ1v) is 9.72. The molecule has 1 aromatic carbocycles. The Morgan fingerprint density at radius 3 is 2.71 bits per heavy atom. The summed E-state index contributed by atoms with van der Waals surface area (Å²) in [4.78, 5) is 0.166. The molecule has 1 saturated heterocycles. The average molecular weight is 394 g/mol. The third-order valence-electron chi connectivity index (χ3n) is 4.64. The molecule has 4 nitrogen and oxygen atoms in total. The summed E-state index contributed by atoms with van der Waals surface area (Å²) >= 11 is 9.42. The van der Waals surface area contributed by atoms with Gasteiger partial charge >= 0.3 is 0 Å². The molecule has 1 aromatic rings. The van der Waals surface area contributed by atoms with Crippen LogP contribution in [0.25, 0.3) is 0 Å². The van der Waals surface area contributed by atoms with E-state index in [4.69, 9.17) is 17.3 Å². The zero-order chi connectivity index (χ0) is 15.2. The Hall–Kier alpha value is -0.140. The summed E-state index contributed by atoms with van der Waals surface area (Å²) in [5.41, 5.74) is 6.17. The summed E-state index contributed by atoms with van der Waals surface area (Å²) in [7, 11) is -3.58. The second kappa shape index (κ2) is 5.81. The molecule has 0 radical (unpaired) electrons. The van der Waals surface area contributed by atoms with Crippen LogP contribution in [0.3, 0.4) is 0 Å². The molecule has 21 heavy (non-hydrogen) atoms. The number of nitrogens with two attached hydrogens (primary N) is 1. The number of nitrogens with zero attached hydrogens (tertiary/aromatic N) is 1. The maximum Gasteiger partial charge on any atom is 0.245 e. The first kappa shape index (κ1) is 15.7. The minimum absolute atomic E-state index is 0.110. The normalized spacial score (nSPS) is 30.3. The average Bonchev–Trinajstić information content (AvgIpc) is 2.84. The number of sulfonamides is 1. The molecule has 2 fully saturated rings. The molecule has 0 bridgehead atoms. The van der Waals surface area contributed by atoms with Crippen LogP contribution in [0.1, 0.15) is 19.3 Å². The Kier molecular flexibility index (Phi) is 4.36. The molecular weight excluding hydrogens is 376 g/mol. The van der Waals surface area contributed by atoms with Gasteiger partial charge in [-0.15, -0.1) is 0 Å². The van der Waals surface area contributed by atoms with E-state index < -0.39 is 10.0 Å². The minimum Gasteiger partial charge on any atom is -0.327 e. The lowest BCUT2D eigenvalue weighted by Gasteiger charge is -2.29. The van der Waals surface area contributed by atoms with Gasteiger partial charge in [0.05, 0.1) is 5.02 Å². The van der Waals surface area contributed by atoms with Gasteiger partial charge in [-0.1, -0.05) is 24.1 Å². The third-order valence-corrected chi connectivity index (χ3v) is 7.92. The predicted molar refractivity (Wildman–Crippen MR) is 86.7 cm³/mol. The SMILES string of the molecule is NC1CCCC2CN(S(=O)(=O)c3c(Cl)cccc3Br)CC12. The van der Waals surface area contributed by atoms with E-state index in [0.29, 0.717) is 23.5 Å². The highest BCUT2D eigenvalue weighted by atomic mass is 79.9. The Labute approximate surface area is 138 Å². The lowest BCUT2D eigenvalue weighted by atomic mass is 9.78. The van der Waals surface area contributed by atoms with Crippen molar-refractivity contribution >= 4 is 37.6 Å². The zero-order valence-corrected chi connectivity index (χ0v) is 14.7. The van der Waals surface area contributed by atoms with Gasteiger partial charge in [-0.2, -0.15) is 4.31 Å². The molecule has 1 saturated carbocycles. The molecule has 1 aliphatic carbocycles. The summed E-state index contributed by atoms with van der Waals surface area (Å²) in [6, 6.07) is 5.14. The van der Waals surface area contributed by atoms with Crippen molar-refractivity contribution in [2.24, 2.45) is 17.6 Å². The fourth-order valence-electron chi connectivity index (χ4n) is 3.53. The van der Waals surface area contributed by atoms with Crippen LogP contribution in [0, 0.1) is 11.8 Å². The van der Waals surface area contributed by atoms with Crippen molar-refractivity contribution in [1.82, 2.24) is 4.31 Å². The van der Waals surface area contributed by atoms with Crippen molar-refractivity contribution in [3.05, 3.63) is 27.7 Å². The van der Waals surface area contributed by atoms with Gasteiger partial charge in [0.1, 0.15) is 4.90 Å². The molecule has 3 rings (SSSR count). The maximum atomic E-state index is 12.9. The van der Waals surface area contributed by atoms with E-state index in [-0.39, 0.29) is 21.9 Å². The van der Waals surface area contributed by atoms with Crippen LogP contribution in [0.5, 0.6) is 0 Å². The predicted octanol–water partition coefficient (Wildman–Crippen LogP) is 2.85. The number of fused-ring (bicyclic) bond motifs is 1. The van der Waals surface area contributed by atoms with Crippen molar-refractivity contribution < 1.29 is 8.42 Å². The number of hydrogen-bond acceptors (Lipinski definition) is 3. The van der Waals surface area contributed by atoms with Gasteiger partial charge in [-0.25, -0.2) is 8.42 Å². The van der Waals surface area contributed by atoms with Crippen LogP contribution in [-0.2, 0) is 10.0 Å². The van der Waals surface area contributed by atoms with Crippen molar-refractivity contribution in [3.63, 3.8) is 0 Å². The van der Waals surface area contributed by atoms with Crippen LogP contribution in [0.15, 0.2) is 27.6 Å². The van der Waals surface area contributed by atoms with Gasteiger partial charge in [0.25, 0.3) is 0 Å². The summed E-state index contributed by atoms with van der Waals surface area (Å²) in [5, 5.41) is 0.253. The number of hydrogen-bond donors (Lipinski definition) is 1. The van der Waals surface area contributed by atoms with E-state index in [1.807, 2.05) is 0 Å². The number of halogens is 2. The van der Waals surface area contributed by atoms with Gasteiger partial charge in [-0.05, 0) is 52.7 Å². The van der Waals surface area contributed by atoms with Crippen molar-refractivity contribution in [1.29, 1.82) is 0 Å². The molecule has 1 heterocycles. The smallest absolute Gasteiger partial charge is 0.245 e. The van der Waals surface area contributed by atoms with E-state index in [1.54, 1.807) is 22.5 Å². The van der Waals surface area contributed by atoms with Crippen LogP contribution in [-0.4, -0.2) is 31.9 Å². The van der Waals surface area contributed by atoms with Crippen LogP contribution in [0.4, 0.5) is 0 Å². The summed E-state index contributed by atoms with van der Waals surface area (Å²) < 4.78 is 27.9. The molecule has 2 N–H and O–H groups in total. The van der Waals surface area contributed by atoms with Crippen molar-refractivity contribution in [3.8, 4) is 0 Å². The van der Waals surface area contributed by atoms with E-state index in [0.717, 1.165) is 19.3 Å². The van der Waals surface area contributed by atoms with E-state index in [9.17, 15) is 8.42 Å². The van der Waals surface area contributed by atoms with Crippen LogP contribution >= 0.6 is 27.5 Å². The summed E-state index contributed by atoms with van der Waals surface area (Å²) in [5.74, 6) is 0.652. The molecule has 0 amide bonds. The highest BCUT2D eigenvalue weighted by molar-refractivity contribution is 9.10. The molecule has 3 atom stereocenters. The topological polar surface area (TPSA) is 63.4 Å². The van der Waals surface area contributed by atoms with Crippen LogP contribution in [0.2, 0.25) is 5.02 Å². The maximum absolute atomic E-state index is 12.9. The Morgan fingerprint density at radius 1 is 1.29 bits per heavy atom. The highest BCUT2D eigenvalue weighted by Crippen LogP contribution is 2.40. The van der Waals surface area contributed by atoms with Crippen molar-refractivity contribution in [2.45, 2.75) is 30.2 Å². The molecule has 3 unspecified atom stereocenters. The van der Waals surface area contributed by atoms with Gasteiger partial charge in [0, 0.05) is 23.6 Å². The summed E-state index contributed by atoms with van der Waals surface area (Å²) in [6.45, 7) is 1.06. The Balaban J connectivity index is 1.93. The first-order valence-electron chi connectivity index (χ1n) is 7.11. The molecule has 116 valence electrons. The number of benzene rings is 1.